The van der Waals surface area contributed by atoms with E-state index in [1.165, 1.54) is 6.20 Å². The SMILES string of the molecule is CCN1CCC(S(=O)(=O)c2ccccn2)CC1. The predicted octanol–water partition coefficient (Wildman–Crippen LogP) is 1.34. The molecule has 4 nitrogen and oxygen atoms in total. The number of nitrogens with zero attached hydrogens (tertiary/aromatic N) is 2. The summed E-state index contributed by atoms with van der Waals surface area (Å²) in [6.45, 7) is 4.84. The molecule has 1 saturated heterocycles. The number of likely N-dealkylation sites (tertiary alicyclic amines) is 1. The highest BCUT2D eigenvalue weighted by atomic mass is 32.2. The molecule has 0 aliphatic carbocycles. The topological polar surface area (TPSA) is 50.3 Å². The van der Waals surface area contributed by atoms with E-state index in [4.69, 9.17) is 0 Å². The Morgan fingerprint density at radius 1 is 1.35 bits per heavy atom. The third-order valence-corrected chi connectivity index (χ3v) is 5.52. The van der Waals surface area contributed by atoms with Gasteiger partial charge < -0.3 is 4.90 Å². The maximum atomic E-state index is 12.3. The molecule has 94 valence electrons. The monoisotopic (exact) mass is 254 g/mol. The minimum absolute atomic E-state index is 0.218. The number of piperidine rings is 1. The Kier molecular flexibility index (Phi) is 3.79. The maximum absolute atomic E-state index is 12.3. The summed E-state index contributed by atoms with van der Waals surface area (Å²) in [4.78, 5) is 6.25. The van der Waals surface area contributed by atoms with Crippen molar-refractivity contribution in [2.45, 2.75) is 30.0 Å². The molecule has 17 heavy (non-hydrogen) atoms. The zero-order chi connectivity index (χ0) is 12.3. The van der Waals surface area contributed by atoms with Gasteiger partial charge in [-0.05, 0) is 44.6 Å². The van der Waals surface area contributed by atoms with Crippen LogP contribution in [0.5, 0.6) is 0 Å². The van der Waals surface area contributed by atoms with E-state index in [1.54, 1.807) is 18.2 Å². The molecule has 2 rings (SSSR count). The molecular formula is C12H18N2O2S. The van der Waals surface area contributed by atoms with Gasteiger partial charge in [-0.25, -0.2) is 13.4 Å². The highest BCUT2D eigenvalue weighted by Crippen LogP contribution is 2.22. The number of rotatable bonds is 3. The van der Waals surface area contributed by atoms with E-state index in [1.807, 2.05) is 0 Å². The van der Waals surface area contributed by atoms with Gasteiger partial charge in [0, 0.05) is 6.20 Å². The van der Waals surface area contributed by atoms with E-state index in [-0.39, 0.29) is 10.3 Å². The number of hydrogen-bond acceptors (Lipinski definition) is 4. The Labute approximate surface area is 103 Å². The number of hydrogen-bond donors (Lipinski definition) is 0. The van der Waals surface area contributed by atoms with Crippen LogP contribution < -0.4 is 0 Å². The number of sulfone groups is 1. The lowest BCUT2D eigenvalue weighted by Crippen LogP contribution is -2.39. The van der Waals surface area contributed by atoms with E-state index in [9.17, 15) is 8.42 Å². The average Bonchev–Trinajstić information content (AvgIpc) is 2.40. The number of pyridine rings is 1. The van der Waals surface area contributed by atoms with Crippen molar-refractivity contribution in [3.05, 3.63) is 24.4 Å². The summed E-state index contributed by atoms with van der Waals surface area (Å²) >= 11 is 0. The minimum atomic E-state index is -3.23. The van der Waals surface area contributed by atoms with Crippen LogP contribution in [-0.2, 0) is 9.84 Å². The zero-order valence-corrected chi connectivity index (χ0v) is 10.9. The van der Waals surface area contributed by atoms with E-state index < -0.39 is 9.84 Å². The van der Waals surface area contributed by atoms with Gasteiger partial charge >= 0.3 is 0 Å². The molecule has 0 atom stereocenters. The molecule has 1 aromatic heterocycles. The van der Waals surface area contributed by atoms with Gasteiger partial charge in [-0.1, -0.05) is 13.0 Å². The summed E-state index contributed by atoms with van der Waals surface area (Å²) < 4.78 is 24.6. The molecule has 0 bridgehead atoms. The molecule has 0 aromatic carbocycles. The third kappa shape index (κ3) is 2.66. The van der Waals surface area contributed by atoms with E-state index in [0.717, 1.165) is 19.6 Å². The van der Waals surface area contributed by atoms with Gasteiger partial charge in [0.15, 0.2) is 14.9 Å². The molecule has 0 amide bonds. The van der Waals surface area contributed by atoms with Crippen molar-refractivity contribution in [3.63, 3.8) is 0 Å². The molecule has 1 fully saturated rings. The maximum Gasteiger partial charge on any atom is 0.198 e. The first-order valence-electron chi connectivity index (χ1n) is 6.02. The van der Waals surface area contributed by atoms with E-state index in [2.05, 4.69) is 16.8 Å². The van der Waals surface area contributed by atoms with Gasteiger partial charge in [-0.3, -0.25) is 0 Å². The van der Waals surface area contributed by atoms with Crippen LogP contribution in [0.15, 0.2) is 29.4 Å². The normalized spacial score (nSPS) is 19.4. The second-order valence-electron chi connectivity index (χ2n) is 4.35. The van der Waals surface area contributed by atoms with Crippen molar-refractivity contribution in [2.24, 2.45) is 0 Å². The summed E-state index contributed by atoms with van der Waals surface area (Å²) in [6.07, 6.45) is 2.97. The van der Waals surface area contributed by atoms with Crippen molar-refractivity contribution in [2.75, 3.05) is 19.6 Å². The predicted molar refractivity (Wildman–Crippen MR) is 66.6 cm³/mol. The standard InChI is InChI=1S/C12H18N2O2S/c1-2-14-9-6-11(7-10-14)17(15,16)12-5-3-4-8-13-12/h3-5,8,11H,2,6-7,9-10H2,1H3. The third-order valence-electron chi connectivity index (χ3n) is 3.35. The largest absolute Gasteiger partial charge is 0.304 e. The molecule has 0 unspecified atom stereocenters. The fourth-order valence-corrected chi connectivity index (χ4v) is 3.87. The smallest absolute Gasteiger partial charge is 0.198 e. The molecule has 0 spiro atoms. The van der Waals surface area contributed by atoms with Crippen LogP contribution in [0.3, 0.4) is 0 Å². The molecule has 0 saturated carbocycles. The fourth-order valence-electron chi connectivity index (χ4n) is 2.22. The summed E-state index contributed by atoms with van der Waals surface area (Å²) in [5, 5.41) is -0.0462. The summed E-state index contributed by atoms with van der Waals surface area (Å²) in [5.41, 5.74) is 0. The Balaban J connectivity index is 2.13. The summed E-state index contributed by atoms with van der Waals surface area (Å²) in [6, 6.07) is 5.04. The van der Waals surface area contributed by atoms with Crippen molar-refractivity contribution in [1.29, 1.82) is 0 Å². The minimum Gasteiger partial charge on any atom is -0.304 e. The van der Waals surface area contributed by atoms with Crippen molar-refractivity contribution >= 4 is 9.84 Å². The average molecular weight is 254 g/mol. The second kappa shape index (κ2) is 5.14. The van der Waals surface area contributed by atoms with Crippen LogP contribution in [-0.4, -0.2) is 43.2 Å². The van der Waals surface area contributed by atoms with Crippen molar-refractivity contribution in [1.82, 2.24) is 9.88 Å². The molecule has 1 aromatic rings. The Hall–Kier alpha value is -0.940. The fraction of sp³-hybridized carbons (Fsp3) is 0.583. The van der Waals surface area contributed by atoms with Crippen LogP contribution in [0, 0.1) is 0 Å². The molecular weight excluding hydrogens is 236 g/mol. The summed E-state index contributed by atoms with van der Waals surface area (Å²) in [5.74, 6) is 0. The van der Waals surface area contributed by atoms with E-state index >= 15 is 0 Å². The Morgan fingerprint density at radius 2 is 2.06 bits per heavy atom. The lowest BCUT2D eigenvalue weighted by molar-refractivity contribution is 0.241. The molecule has 2 heterocycles. The lowest BCUT2D eigenvalue weighted by atomic mass is 10.1. The molecule has 1 aliphatic rings. The van der Waals surface area contributed by atoms with Crippen LogP contribution in [0.1, 0.15) is 19.8 Å². The summed E-state index contributed by atoms with van der Waals surface area (Å²) in [7, 11) is -3.23. The van der Waals surface area contributed by atoms with Gasteiger partial charge in [0.25, 0.3) is 0 Å². The van der Waals surface area contributed by atoms with Crippen LogP contribution in [0.25, 0.3) is 0 Å². The lowest BCUT2D eigenvalue weighted by Gasteiger charge is -2.30. The molecule has 1 aliphatic heterocycles. The van der Waals surface area contributed by atoms with E-state index in [0.29, 0.717) is 12.8 Å². The van der Waals surface area contributed by atoms with Gasteiger partial charge in [0.05, 0.1) is 5.25 Å². The highest BCUT2D eigenvalue weighted by molar-refractivity contribution is 7.92. The molecule has 5 heteroatoms. The van der Waals surface area contributed by atoms with Crippen molar-refractivity contribution < 1.29 is 8.42 Å². The Bertz CT molecular complexity index is 451. The van der Waals surface area contributed by atoms with Crippen LogP contribution in [0.2, 0.25) is 0 Å². The second-order valence-corrected chi connectivity index (χ2v) is 6.52. The quantitative estimate of drug-likeness (QED) is 0.817. The van der Waals surface area contributed by atoms with Gasteiger partial charge in [0.2, 0.25) is 0 Å². The molecule has 0 N–H and O–H groups in total. The zero-order valence-electron chi connectivity index (χ0n) is 10.0. The molecule has 0 radical (unpaired) electrons. The van der Waals surface area contributed by atoms with Crippen LogP contribution in [0.4, 0.5) is 0 Å². The highest BCUT2D eigenvalue weighted by Gasteiger charge is 2.31. The number of aromatic nitrogens is 1. The van der Waals surface area contributed by atoms with Crippen LogP contribution >= 0.6 is 0 Å². The Morgan fingerprint density at radius 3 is 2.59 bits per heavy atom. The first-order valence-corrected chi connectivity index (χ1v) is 7.56. The first kappa shape index (κ1) is 12.5. The first-order chi connectivity index (χ1) is 8.14. The van der Waals surface area contributed by atoms with Crippen molar-refractivity contribution in [3.8, 4) is 0 Å². The van der Waals surface area contributed by atoms with Gasteiger partial charge in [-0.15, -0.1) is 0 Å². The van der Waals surface area contributed by atoms with Gasteiger partial charge in [0.1, 0.15) is 0 Å². The van der Waals surface area contributed by atoms with Gasteiger partial charge in [-0.2, -0.15) is 0 Å².